The number of para-hydroxylation sites is 1. The van der Waals surface area contributed by atoms with Crippen LogP contribution in [0.2, 0.25) is 0 Å². The zero-order valence-corrected chi connectivity index (χ0v) is 12.1. The summed E-state index contributed by atoms with van der Waals surface area (Å²) < 4.78 is 5.30. The SMILES string of the molecule is COc1ccccc1C(=O)c1ccc(C)c2ccccc12. The van der Waals surface area contributed by atoms with Gasteiger partial charge in [0.15, 0.2) is 5.78 Å². The van der Waals surface area contributed by atoms with Crippen molar-refractivity contribution in [3.05, 3.63) is 77.4 Å². The number of aryl methyl sites for hydroxylation is 1. The molecule has 104 valence electrons. The largest absolute Gasteiger partial charge is 0.496 e. The van der Waals surface area contributed by atoms with Gasteiger partial charge in [-0.25, -0.2) is 0 Å². The van der Waals surface area contributed by atoms with E-state index in [-0.39, 0.29) is 5.78 Å². The van der Waals surface area contributed by atoms with Crippen LogP contribution < -0.4 is 4.74 Å². The van der Waals surface area contributed by atoms with Crippen molar-refractivity contribution in [1.29, 1.82) is 0 Å². The highest BCUT2D eigenvalue weighted by molar-refractivity contribution is 6.17. The fourth-order valence-corrected chi connectivity index (χ4v) is 2.63. The van der Waals surface area contributed by atoms with Crippen molar-refractivity contribution in [2.24, 2.45) is 0 Å². The summed E-state index contributed by atoms with van der Waals surface area (Å²) in [5.41, 5.74) is 2.47. The fraction of sp³-hybridized carbons (Fsp3) is 0.105. The van der Waals surface area contributed by atoms with E-state index in [1.165, 1.54) is 5.56 Å². The molecule has 0 radical (unpaired) electrons. The molecule has 0 spiro atoms. The average Bonchev–Trinajstić information content (AvgIpc) is 2.55. The van der Waals surface area contributed by atoms with E-state index in [9.17, 15) is 4.79 Å². The number of carbonyl (C=O) groups is 1. The molecule has 0 heterocycles. The lowest BCUT2D eigenvalue weighted by Crippen LogP contribution is -2.05. The summed E-state index contributed by atoms with van der Waals surface area (Å²) in [6.45, 7) is 2.06. The molecule has 0 unspecified atom stereocenters. The maximum Gasteiger partial charge on any atom is 0.197 e. The van der Waals surface area contributed by atoms with Crippen LogP contribution in [0.15, 0.2) is 60.7 Å². The molecule has 0 atom stereocenters. The molecular weight excluding hydrogens is 260 g/mol. The lowest BCUT2D eigenvalue weighted by molar-refractivity contribution is 0.103. The highest BCUT2D eigenvalue weighted by Crippen LogP contribution is 2.27. The molecular formula is C19H16O2. The first kappa shape index (κ1) is 13.4. The molecule has 0 N–H and O–H groups in total. The Labute approximate surface area is 124 Å². The summed E-state index contributed by atoms with van der Waals surface area (Å²) in [5.74, 6) is 0.593. The van der Waals surface area contributed by atoms with Crippen LogP contribution >= 0.6 is 0 Å². The number of rotatable bonds is 3. The summed E-state index contributed by atoms with van der Waals surface area (Å²) in [5, 5.41) is 2.09. The molecule has 3 aromatic rings. The number of carbonyl (C=O) groups excluding carboxylic acids is 1. The third-order valence-corrected chi connectivity index (χ3v) is 3.74. The molecule has 0 bridgehead atoms. The van der Waals surface area contributed by atoms with Gasteiger partial charge in [0.25, 0.3) is 0 Å². The molecule has 0 saturated heterocycles. The fourth-order valence-electron chi connectivity index (χ4n) is 2.63. The Bertz CT molecular complexity index is 819. The quantitative estimate of drug-likeness (QED) is 0.663. The van der Waals surface area contributed by atoms with Crippen LogP contribution in [-0.4, -0.2) is 12.9 Å². The molecule has 2 heteroatoms. The van der Waals surface area contributed by atoms with Crippen LogP contribution in [0.3, 0.4) is 0 Å². The van der Waals surface area contributed by atoms with Crippen LogP contribution in [0.1, 0.15) is 21.5 Å². The van der Waals surface area contributed by atoms with Crippen molar-refractivity contribution in [3.63, 3.8) is 0 Å². The number of hydrogen-bond acceptors (Lipinski definition) is 2. The minimum atomic E-state index is -0.0105. The molecule has 0 aromatic heterocycles. The van der Waals surface area contributed by atoms with Crippen LogP contribution in [0.4, 0.5) is 0 Å². The lowest BCUT2D eigenvalue weighted by Gasteiger charge is -2.10. The van der Waals surface area contributed by atoms with Gasteiger partial charge in [-0.3, -0.25) is 4.79 Å². The van der Waals surface area contributed by atoms with E-state index in [0.717, 1.165) is 10.8 Å². The summed E-state index contributed by atoms with van der Waals surface area (Å²) in [6.07, 6.45) is 0. The number of fused-ring (bicyclic) bond motifs is 1. The third-order valence-electron chi connectivity index (χ3n) is 3.74. The molecule has 3 rings (SSSR count). The zero-order chi connectivity index (χ0) is 14.8. The number of methoxy groups -OCH3 is 1. The number of ether oxygens (including phenoxy) is 1. The molecule has 0 aliphatic carbocycles. The van der Waals surface area contributed by atoms with E-state index >= 15 is 0 Å². The summed E-state index contributed by atoms with van der Waals surface area (Å²) in [4.78, 5) is 12.9. The maximum absolute atomic E-state index is 12.9. The second-order valence-corrected chi connectivity index (χ2v) is 5.01. The molecule has 0 amide bonds. The second kappa shape index (κ2) is 5.41. The topological polar surface area (TPSA) is 26.3 Å². The summed E-state index contributed by atoms with van der Waals surface area (Å²) >= 11 is 0. The van der Waals surface area contributed by atoms with Gasteiger partial charge < -0.3 is 4.74 Å². The molecule has 0 fully saturated rings. The van der Waals surface area contributed by atoms with Crippen LogP contribution in [0.25, 0.3) is 10.8 Å². The summed E-state index contributed by atoms with van der Waals surface area (Å²) in [6, 6.07) is 19.2. The van der Waals surface area contributed by atoms with Gasteiger partial charge in [-0.15, -0.1) is 0 Å². The number of ketones is 1. The lowest BCUT2D eigenvalue weighted by atomic mass is 9.94. The minimum Gasteiger partial charge on any atom is -0.496 e. The zero-order valence-electron chi connectivity index (χ0n) is 12.1. The Morgan fingerprint density at radius 1 is 0.810 bits per heavy atom. The first-order valence-corrected chi connectivity index (χ1v) is 6.88. The standard InChI is InChI=1S/C19H16O2/c1-13-11-12-16(15-8-4-3-7-14(13)15)19(20)17-9-5-6-10-18(17)21-2/h3-12H,1-2H3. The molecule has 0 aliphatic heterocycles. The van der Waals surface area contributed by atoms with Gasteiger partial charge in [-0.2, -0.15) is 0 Å². The van der Waals surface area contributed by atoms with Gasteiger partial charge in [-0.1, -0.05) is 48.5 Å². The minimum absolute atomic E-state index is 0.0105. The van der Waals surface area contributed by atoms with Gasteiger partial charge in [-0.05, 0) is 35.4 Å². The van der Waals surface area contributed by atoms with E-state index in [1.807, 2.05) is 54.6 Å². The third kappa shape index (κ3) is 2.29. The van der Waals surface area contributed by atoms with Crippen molar-refractivity contribution in [1.82, 2.24) is 0 Å². The molecule has 0 saturated carbocycles. The van der Waals surface area contributed by atoms with E-state index in [0.29, 0.717) is 16.9 Å². The Balaban J connectivity index is 2.21. The van der Waals surface area contributed by atoms with Gasteiger partial charge in [0.2, 0.25) is 0 Å². The van der Waals surface area contributed by atoms with Gasteiger partial charge in [0.05, 0.1) is 12.7 Å². The molecule has 3 aromatic carbocycles. The predicted molar refractivity (Wildman–Crippen MR) is 85.1 cm³/mol. The predicted octanol–water partition coefficient (Wildman–Crippen LogP) is 4.39. The highest BCUT2D eigenvalue weighted by atomic mass is 16.5. The van der Waals surface area contributed by atoms with Crippen LogP contribution in [0.5, 0.6) is 5.75 Å². The number of hydrogen-bond donors (Lipinski definition) is 0. The Hall–Kier alpha value is -2.61. The Kier molecular flexibility index (Phi) is 3.44. The van der Waals surface area contributed by atoms with Crippen LogP contribution in [0, 0.1) is 6.92 Å². The molecule has 0 aliphatic rings. The average molecular weight is 276 g/mol. The van der Waals surface area contributed by atoms with E-state index in [1.54, 1.807) is 13.2 Å². The van der Waals surface area contributed by atoms with Crippen molar-refractivity contribution in [2.75, 3.05) is 7.11 Å². The first-order valence-electron chi connectivity index (χ1n) is 6.88. The number of benzene rings is 3. The van der Waals surface area contributed by atoms with E-state index in [2.05, 4.69) is 6.92 Å². The van der Waals surface area contributed by atoms with Crippen molar-refractivity contribution >= 4 is 16.6 Å². The second-order valence-electron chi connectivity index (χ2n) is 5.01. The van der Waals surface area contributed by atoms with Crippen molar-refractivity contribution in [3.8, 4) is 5.75 Å². The van der Waals surface area contributed by atoms with Gasteiger partial charge >= 0.3 is 0 Å². The Morgan fingerprint density at radius 3 is 2.24 bits per heavy atom. The monoisotopic (exact) mass is 276 g/mol. The normalized spacial score (nSPS) is 10.6. The first-order chi connectivity index (χ1) is 10.2. The summed E-state index contributed by atoms with van der Waals surface area (Å²) in [7, 11) is 1.58. The maximum atomic E-state index is 12.9. The van der Waals surface area contributed by atoms with E-state index < -0.39 is 0 Å². The van der Waals surface area contributed by atoms with Crippen molar-refractivity contribution < 1.29 is 9.53 Å². The smallest absolute Gasteiger partial charge is 0.197 e. The van der Waals surface area contributed by atoms with Crippen molar-refractivity contribution in [2.45, 2.75) is 6.92 Å². The van der Waals surface area contributed by atoms with Crippen LogP contribution in [-0.2, 0) is 0 Å². The van der Waals surface area contributed by atoms with Gasteiger partial charge in [0, 0.05) is 5.56 Å². The highest BCUT2D eigenvalue weighted by Gasteiger charge is 2.16. The van der Waals surface area contributed by atoms with Gasteiger partial charge in [0.1, 0.15) is 5.75 Å². The molecule has 21 heavy (non-hydrogen) atoms. The Morgan fingerprint density at radius 2 is 1.48 bits per heavy atom. The molecule has 2 nitrogen and oxygen atoms in total. The van der Waals surface area contributed by atoms with E-state index in [4.69, 9.17) is 4.74 Å².